The van der Waals surface area contributed by atoms with Crippen molar-refractivity contribution in [3.8, 4) is 0 Å². The van der Waals surface area contributed by atoms with Gasteiger partial charge in [0.25, 0.3) is 0 Å². The molecule has 1 saturated heterocycles. The Morgan fingerprint density at radius 2 is 1.71 bits per heavy atom. The Labute approximate surface area is 180 Å². The van der Waals surface area contributed by atoms with Crippen molar-refractivity contribution in [3.63, 3.8) is 0 Å². The number of rotatable bonds is 5. The minimum atomic E-state index is -4.41. The molecule has 31 heavy (non-hydrogen) atoms. The minimum absolute atomic E-state index is 0.0522. The maximum atomic E-state index is 12.7. The van der Waals surface area contributed by atoms with Crippen molar-refractivity contribution in [3.05, 3.63) is 54.1 Å². The number of halogens is 3. The standard InChI is InChI=1S/C21H19F3N4O2S/c22-21(23,24)14-5-7-15(8-6-14)25-18(29)13-31-20-17-4-2-1-3-16(17)19(26-27-20)28-9-11-30-12-10-28/h1-8H,9-13H2,(H,25,29). The first kappa shape index (κ1) is 21.4. The summed E-state index contributed by atoms with van der Waals surface area (Å²) in [5.41, 5.74) is -0.459. The Hall–Kier alpha value is -2.85. The molecule has 1 amide bonds. The lowest BCUT2D eigenvalue weighted by molar-refractivity contribution is -0.137. The van der Waals surface area contributed by atoms with Gasteiger partial charge in [0, 0.05) is 29.5 Å². The summed E-state index contributed by atoms with van der Waals surface area (Å²) in [5.74, 6) is 0.502. The van der Waals surface area contributed by atoms with Crippen molar-refractivity contribution < 1.29 is 22.7 Å². The van der Waals surface area contributed by atoms with Gasteiger partial charge in [-0.3, -0.25) is 4.79 Å². The van der Waals surface area contributed by atoms with E-state index in [1.165, 1.54) is 23.9 Å². The largest absolute Gasteiger partial charge is 0.416 e. The molecule has 4 rings (SSSR count). The number of fused-ring (bicyclic) bond motifs is 1. The third-order valence-electron chi connectivity index (χ3n) is 4.78. The molecule has 1 fully saturated rings. The van der Waals surface area contributed by atoms with Crippen LogP contribution in [0.4, 0.5) is 24.7 Å². The zero-order valence-electron chi connectivity index (χ0n) is 16.4. The molecule has 1 aliphatic heterocycles. The fourth-order valence-corrected chi connectivity index (χ4v) is 4.03. The Balaban J connectivity index is 1.44. The lowest BCUT2D eigenvalue weighted by Gasteiger charge is -2.28. The van der Waals surface area contributed by atoms with Crippen molar-refractivity contribution in [1.82, 2.24) is 10.2 Å². The first-order valence-electron chi connectivity index (χ1n) is 9.60. The van der Waals surface area contributed by atoms with Crippen LogP contribution in [-0.2, 0) is 15.7 Å². The number of ether oxygens (including phenoxy) is 1. The van der Waals surface area contributed by atoms with E-state index in [-0.39, 0.29) is 11.7 Å². The van der Waals surface area contributed by atoms with Crippen molar-refractivity contribution >= 4 is 39.9 Å². The third-order valence-corrected chi connectivity index (χ3v) is 5.76. The lowest BCUT2D eigenvalue weighted by atomic mass is 10.2. The van der Waals surface area contributed by atoms with Gasteiger partial charge >= 0.3 is 6.18 Å². The van der Waals surface area contributed by atoms with Gasteiger partial charge in [0.2, 0.25) is 5.91 Å². The smallest absolute Gasteiger partial charge is 0.378 e. The van der Waals surface area contributed by atoms with E-state index in [0.717, 1.165) is 41.8 Å². The highest BCUT2D eigenvalue weighted by Crippen LogP contribution is 2.32. The van der Waals surface area contributed by atoms with Gasteiger partial charge in [-0.05, 0) is 24.3 Å². The molecule has 0 unspecified atom stereocenters. The predicted molar refractivity (Wildman–Crippen MR) is 113 cm³/mol. The van der Waals surface area contributed by atoms with Crippen LogP contribution in [0.15, 0.2) is 53.6 Å². The fourth-order valence-electron chi connectivity index (χ4n) is 3.25. The summed E-state index contributed by atoms with van der Waals surface area (Å²) in [5, 5.41) is 13.8. The number of nitrogens with one attached hydrogen (secondary N) is 1. The second-order valence-corrected chi connectivity index (χ2v) is 7.85. The summed E-state index contributed by atoms with van der Waals surface area (Å²) in [6.45, 7) is 2.74. The maximum absolute atomic E-state index is 12.7. The SMILES string of the molecule is O=C(CSc1nnc(N2CCOCC2)c2ccccc12)Nc1ccc(C(F)(F)F)cc1. The highest BCUT2D eigenvalue weighted by atomic mass is 32.2. The van der Waals surface area contributed by atoms with Crippen LogP contribution >= 0.6 is 11.8 Å². The van der Waals surface area contributed by atoms with Gasteiger partial charge < -0.3 is 15.0 Å². The van der Waals surface area contributed by atoms with E-state index in [1.54, 1.807) is 0 Å². The molecule has 1 aliphatic rings. The summed E-state index contributed by atoms with van der Waals surface area (Å²) in [4.78, 5) is 14.4. The Morgan fingerprint density at radius 1 is 1.03 bits per heavy atom. The molecule has 0 atom stereocenters. The van der Waals surface area contributed by atoms with Crippen molar-refractivity contribution in [2.75, 3.05) is 42.3 Å². The number of carbonyl (C=O) groups is 1. The van der Waals surface area contributed by atoms with E-state index in [2.05, 4.69) is 20.4 Å². The molecule has 1 aromatic heterocycles. The second-order valence-electron chi connectivity index (χ2n) is 6.89. The summed E-state index contributed by atoms with van der Waals surface area (Å²) < 4.78 is 43.4. The number of hydrogen-bond acceptors (Lipinski definition) is 6. The van der Waals surface area contributed by atoms with Gasteiger partial charge in [-0.2, -0.15) is 13.2 Å². The van der Waals surface area contributed by atoms with Gasteiger partial charge in [-0.25, -0.2) is 0 Å². The minimum Gasteiger partial charge on any atom is -0.378 e. The number of thioether (sulfide) groups is 1. The summed E-state index contributed by atoms with van der Waals surface area (Å²) in [7, 11) is 0. The molecule has 0 aliphatic carbocycles. The van der Waals surface area contributed by atoms with Crippen LogP contribution in [0.2, 0.25) is 0 Å². The third kappa shape index (κ3) is 5.08. The van der Waals surface area contributed by atoms with Crippen LogP contribution in [0.5, 0.6) is 0 Å². The highest BCUT2D eigenvalue weighted by Gasteiger charge is 2.30. The Morgan fingerprint density at radius 3 is 2.39 bits per heavy atom. The first-order valence-corrected chi connectivity index (χ1v) is 10.6. The number of alkyl halides is 3. The predicted octanol–water partition coefficient (Wildman–Crippen LogP) is 4.22. The van der Waals surface area contributed by atoms with Crippen LogP contribution < -0.4 is 10.2 Å². The summed E-state index contributed by atoms with van der Waals surface area (Å²) in [6.07, 6.45) is -4.41. The van der Waals surface area contributed by atoms with E-state index in [4.69, 9.17) is 4.74 Å². The number of aromatic nitrogens is 2. The molecule has 2 aromatic carbocycles. The number of amides is 1. The van der Waals surface area contributed by atoms with Crippen LogP contribution in [0.3, 0.4) is 0 Å². The second kappa shape index (κ2) is 9.11. The fraction of sp³-hybridized carbons (Fsp3) is 0.286. The Bertz CT molecular complexity index is 1070. The maximum Gasteiger partial charge on any atom is 0.416 e. The van der Waals surface area contributed by atoms with E-state index in [0.29, 0.717) is 23.9 Å². The van der Waals surface area contributed by atoms with Gasteiger partial charge in [-0.15, -0.1) is 10.2 Å². The number of hydrogen-bond donors (Lipinski definition) is 1. The molecule has 1 N–H and O–H groups in total. The molecular weight excluding hydrogens is 429 g/mol. The highest BCUT2D eigenvalue weighted by molar-refractivity contribution is 8.00. The molecule has 3 aromatic rings. The molecule has 0 radical (unpaired) electrons. The summed E-state index contributed by atoms with van der Waals surface area (Å²) in [6, 6.07) is 12.1. The van der Waals surface area contributed by atoms with E-state index in [1.807, 2.05) is 24.3 Å². The summed E-state index contributed by atoms with van der Waals surface area (Å²) >= 11 is 1.23. The van der Waals surface area contributed by atoms with E-state index in [9.17, 15) is 18.0 Å². The van der Waals surface area contributed by atoms with Crippen molar-refractivity contribution in [2.45, 2.75) is 11.2 Å². The van der Waals surface area contributed by atoms with Crippen molar-refractivity contribution in [2.24, 2.45) is 0 Å². The zero-order chi connectivity index (χ0) is 21.8. The Kier molecular flexibility index (Phi) is 6.28. The molecule has 2 heterocycles. The lowest BCUT2D eigenvalue weighted by Crippen LogP contribution is -2.37. The van der Waals surface area contributed by atoms with E-state index < -0.39 is 11.7 Å². The van der Waals surface area contributed by atoms with Crippen LogP contribution in [0, 0.1) is 0 Å². The quantitative estimate of drug-likeness (QED) is 0.590. The molecule has 0 bridgehead atoms. The topological polar surface area (TPSA) is 67.4 Å². The van der Waals surface area contributed by atoms with Crippen LogP contribution in [-0.4, -0.2) is 48.2 Å². The molecule has 162 valence electrons. The molecule has 0 saturated carbocycles. The van der Waals surface area contributed by atoms with Gasteiger partial charge in [-0.1, -0.05) is 36.0 Å². The number of nitrogens with zero attached hydrogens (tertiary/aromatic N) is 3. The number of anilines is 2. The monoisotopic (exact) mass is 448 g/mol. The van der Waals surface area contributed by atoms with Gasteiger partial charge in [0.1, 0.15) is 5.03 Å². The number of carbonyl (C=O) groups excluding carboxylic acids is 1. The normalized spacial score (nSPS) is 14.6. The molecular formula is C21H19F3N4O2S. The van der Waals surface area contributed by atoms with Crippen LogP contribution in [0.1, 0.15) is 5.56 Å². The first-order chi connectivity index (χ1) is 14.9. The molecule has 6 nitrogen and oxygen atoms in total. The van der Waals surface area contributed by atoms with Crippen molar-refractivity contribution in [1.29, 1.82) is 0 Å². The number of benzene rings is 2. The van der Waals surface area contributed by atoms with E-state index >= 15 is 0 Å². The van der Waals surface area contributed by atoms with Gasteiger partial charge in [0.15, 0.2) is 5.82 Å². The molecule has 0 spiro atoms. The van der Waals surface area contributed by atoms with Gasteiger partial charge in [0.05, 0.1) is 24.5 Å². The average molecular weight is 448 g/mol. The van der Waals surface area contributed by atoms with Crippen LogP contribution in [0.25, 0.3) is 10.8 Å². The number of morpholine rings is 1. The molecule has 10 heteroatoms. The average Bonchev–Trinajstić information content (AvgIpc) is 2.78. The zero-order valence-corrected chi connectivity index (χ0v) is 17.2.